The largest absolute Gasteiger partial charge is 0.501 e. The lowest BCUT2D eigenvalue weighted by Crippen LogP contribution is -2.42. The van der Waals surface area contributed by atoms with E-state index in [0.717, 1.165) is 16.8 Å². The van der Waals surface area contributed by atoms with E-state index in [4.69, 9.17) is 4.74 Å². The highest BCUT2D eigenvalue weighted by Crippen LogP contribution is 2.27. The summed E-state index contributed by atoms with van der Waals surface area (Å²) in [5.41, 5.74) is 1.00. The Balaban J connectivity index is 1.54. The first kappa shape index (κ1) is 19.8. The number of nitrogens with one attached hydrogen (secondary N) is 1. The number of fused-ring (bicyclic) bond motifs is 1. The molecule has 4 rings (SSSR count). The normalized spacial score (nSPS) is 14.9. The lowest BCUT2D eigenvalue weighted by Gasteiger charge is -2.32. The topological polar surface area (TPSA) is 111 Å². The standard InChI is InChI=1S/C21H23N5O4/c1-13-5-4-6-15(9-13)26-12-14(11-23-26)10-22-18(28)16-17(27)19(29)25-7-8-30-21(2,3)20(25)24-16/h4-6,9,11-12,27H,7-8,10H2,1-3H3,(H,22,28). The summed E-state index contributed by atoms with van der Waals surface area (Å²) in [5, 5.41) is 17.3. The predicted octanol–water partition coefficient (Wildman–Crippen LogP) is 1.64. The Hall–Kier alpha value is -3.46. The highest BCUT2D eigenvalue weighted by atomic mass is 16.5. The minimum atomic E-state index is -0.838. The van der Waals surface area contributed by atoms with Crippen molar-refractivity contribution < 1.29 is 14.6 Å². The third kappa shape index (κ3) is 3.59. The summed E-state index contributed by atoms with van der Waals surface area (Å²) in [6.07, 6.45) is 3.45. The van der Waals surface area contributed by atoms with Crippen molar-refractivity contribution in [3.63, 3.8) is 0 Å². The molecule has 0 saturated carbocycles. The van der Waals surface area contributed by atoms with Crippen LogP contribution in [0.5, 0.6) is 5.75 Å². The van der Waals surface area contributed by atoms with Crippen LogP contribution >= 0.6 is 0 Å². The van der Waals surface area contributed by atoms with Gasteiger partial charge in [-0.2, -0.15) is 5.10 Å². The molecular formula is C21H23N5O4. The predicted molar refractivity (Wildman–Crippen MR) is 109 cm³/mol. The van der Waals surface area contributed by atoms with Gasteiger partial charge in [-0.1, -0.05) is 12.1 Å². The van der Waals surface area contributed by atoms with Gasteiger partial charge in [0.25, 0.3) is 11.5 Å². The molecule has 9 heteroatoms. The Kier molecular flexibility index (Phi) is 4.90. The third-order valence-corrected chi connectivity index (χ3v) is 5.03. The number of aromatic nitrogens is 4. The Morgan fingerprint density at radius 3 is 2.93 bits per heavy atom. The zero-order valence-corrected chi connectivity index (χ0v) is 17.0. The van der Waals surface area contributed by atoms with Crippen LogP contribution in [0.3, 0.4) is 0 Å². The van der Waals surface area contributed by atoms with Gasteiger partial charge < -0.3 is 15.2 Å². The quantitative estimate of drug-likeness (QED) is 0.678. The number of carbonyl (C=O) groups is 1. The number of benzene rings is 1. The molecule has 1 aliphatic rings. The number of amides is 1. The Bertz CT molecular complexity index is 1180. The minimum Gasteiger partial charge on any atom is -0.501 e. The van der Waals surface area contributed by atoms with Crippen molar-refractivity contribution in [2.75, 3.05) is 6.61 Å². The Morgan fingerprint density at radius 1 is 1.37 bits per heavy atom. The van der Waals surface area contributed by atoms with E-state index < -0.39 is 22.8 Å². The van der Waals surface area contributed by atoms with Crippen LogP contribution in [0.1, 0.15) is 41.3 Å². The van der Waals surface area contributed by atoms with Crippen molar-refractivity contribution in [1.29, 1.82) is 0 Å². The number of aryl methyl sites for hydroxylation is 1. The van der Waals surface area contributed by atoms with Crippen LogP contribution in [0.15, 0.2) is 41.5 Å². The molecule has 0 radical (unpaired) electrons. The molecule has 0 spiro atoms. The second-order valence-corrected chi connectivity index (χ2v) is 7.76. The van der Waals surface area contributed by atoms with E-state index in [1.54, 1.807) is 30.9 Å². The van der Waals surface area contributed by atoms with Crippen molar-refractivity contribution in [3.05, 3.63) is 69.7 Å². The van der Waals surface area contributed by atoms with Gasteiger partial charge in [0.2, 0.25) is 5.75 Å². The average molecular weight is 409 g/mol. The maximum Gasteiger partial charge on any atom is 0.296 e. The molecule has 2 N–H and O–H groups in total. The SMILES string of the molecule is Cc1cccc(-n2cc(CNC(=O)c3nc4n(c(=O)c3O)CCOC4(C)C)cn2)c1. The van der Waals surface area contributed by atoms with E-state index >= 15 is 0 Å². The second-order valence-electron chi connectivity index (χ2n) is 7.76. The molecule has 0 fully saturated rings. The molecule has 0 atom stereocenters. The molecule has 1 aromatic carbocycles. The van der Waals surface area contributed by atoms with Gasteiger partial charge in [-0.15, -0.1) is 0 Å². The van der Waals surface area contributed by atoms with E-state index in [0.29, 0.717) is 12.4 Å². The molecule has 30 heavy (non-hydrogen) atoms. The maximum atomic E-state index is 12.7. The van der Waals surface area contributed by atoms with Gasteiger partial charge >= 0.3 is 0 Å². The number of hydrogen-bond donors (Lipinski definition) is 2. The maximum absolute atomic E-state index is 12.7. The first-order valence-electron chi connectivity index (χ1n) is 9.63. The summed E-state index contributed by atoms with van der Waals surface area (Å²) >= 11 is 0. The van der Waals surface area contributed by atoms with E-state index in [1.807, 2.05) is 31.2 Å². The third-order valence-electron chi connectivity index (χ3n) is 5.03. The van der Waals surface area contributed by atoms with Crippen LogP contribution in [0, 0.1) is 6.92 Å². The number of aromatic hydroxyl groups is 1. The minimum absolute atomic E-state index is 0.171. The van der Waals surface area contributed by atoms with Gasteiger partial charge in [0, 0.05) is 18.3 Å². The molecule has 1 amide bonds. The molecule has 156 valence electrons. The lowest BCUT2D eigenvalue weighted by molar-refractivity contribution is -0.0566. The molecule has 0 aliphatic carbocycles. The van der Waals surface area contributed by atoms with E-state index in [2.05, 4.69) is 15.4 Å². The molecular weight excluding hydrogens is 386 g/mol. The number of nitrogens with zero attached hydrogens (tertiary/aromatic N) is 4. The van der Waals surface area contributed by atoms with Gasteiger partial charge in [-0.25, -0.2) is 9.67 Å². The summed E-state index contributed by atoms with van der Waals surface area (Å²) in [4.78, 5) is 29.4. The molecule has 9 nitrogen and oxygen atoms in total. The van der Waals surface area contributed by atoms with Crippen molar-refractivity contribution in [2.24, 2.45) is 0 Å². The van der Waals surface area contributed by atoms with Gasteiger partial charge in [-0.05, 0) is 38.5 Å². The molecule has 0 saturated heterocycles. The van der Waals surface area contributed by atoms with E-state index in [-0.39, 0.29) is 18.8 Å². The fourth-order valence-electron chi connectivity index (χ4n) is 3.46. The highest BCUT2D eigenvalue weighted by molar-refractivity contribution is 5.94. The zero-order chi connectivity index (χ0) is 21.5. The van der Waals surface area contributed by atoms with Crippen LogP contribution in [0.4, 0.5) is 0 Å². The Labute approximate surface area is 172 Å². The number of rotatable bonds is 4. The molecule has 0 unspecified atom stereocenters. The lowest BCUT2D eigenvalue weighted by atomic mass is 10.1. The van der Waals surface area contributed by atoms with Crippen LogP contribution < -0.4 is 10.9 Å². The highest BCUT2D eigenvalue weighted by Gasteiger charge is 2.34. The Morgan fingerprint density at radius 2 is 2.17 bits per heavy atom. The van der Waals surface area contributed by atoms with Crippen molar-refractivity contribution >= 4 is 5.91 Å². The summed E-state index contributed by atoms with van der Waals surface area (Å²) in [6, 6.07) is 7.89. The van der Waals surface area contributed by atoms with Gasteiger partial charge in [0.05, 0.1) is 25.0 Å². The molecule has 2 aromatic heterocycles. The summed E-state index contributed by atoms with van der Waals surface area (Å²) < 4.78 is 8.72. The summed E-state index contributed by atoms with van der Waals surface area (Å²) in [7, 11) is 0. The number of ether oxygens (including phenoxy) is 1. The fraction of sp³-hybridized carbons (Fsp3) is 0.333. The second kappa shape index (κ2) is 7.42. The number of carbonyl (C=O) groups excluding carboxylic acids is 1. The van der Waals surface area contributed by atoms with Gasteiger partial charge in [0.1, 0.15) is 11.4 Å². The van der Waals surface area contributed by atoms with E-state index in [9.17, 15) is 14.7 Å². The first-order chi connectivity index (χ1) is 14.3. The monoisotopic (exact) mass is 409 g/mol. The van der Waals surface area contributed by atoms with Crippen LogP contribution in [0.2, 0.25) is 0 Å². The summed E-state index contributed by atoms with van der Waals surface area (Å²) in [6.45, 7) is 6.31. The van der Waals surface area contributed by atoms with Gasteiger partial charge in [-0.3, -0.25) is 14.2 Å². The molecule has 0 bridgehead atoms. The smallest absolute Gasteiger partial charge is 0.296 e. The zero-order valence-electron chi connectivity index (χ0n) is 17.0. The fourth-order valence-corrected chi connectivity index (χ4v) is 3.46. The first-order valence-corrected chi connectivity index (χ1v) is 9.63. The molecule has 3 aromatic rings. The van der Waals surface area contributed by atoms with Crippen LogP contribution in [-0.4, -0.2) is 37.0 Å². The van der Waals surface area contributed by atoms with Crippen LogP contribution in [-0.2, 0) is 23.4 Å². The molecule has 1 aliphatic heterocycles. The molecule has 3 heterocycles. The van der Waals surface area contributed by atoms with Crippen molar-refractivity contribution in [3.8, 4) is 11.4 Å². The van der Waals surface area contributed by atoms with Crippen LogP contribution in [0.25, 0.3) is 5.69 Å². The van der Waals surface area contributed by atoms with Crippen molar-refractivity contribution in [2.45, 2.75) is 39.5 Å². The summed E-state index contributed by atoms with van der Waals surface area (Å²) in [5.74, 6) is -0.990. The van der Waals surface area contributed by atoms with Crippen molar-refractivity contribution in [1.82, 2.24) is 24.6 Å². The van der Waals surface area contributed by atoms with E-state index in [1.165, 1.54) is 4.57 Å². The van der Waals surface area contributed by atoms with Gasteiger partial charge in [0.15, 0.2) is 5.69 Å². The number of hydrogen-bond acceptors (Lipinski definition) is 6. The average Bonchev–Trinajstić information content (AvgIpc) is 3.18.